The lowest BCUT2D eigenvalue weighted by molar-refractivity contribution is 0.589. The standard InChI is InChI=1S/C54H51BN2/c1-52(2,3)37-25-27-40(28-26-37)56-46-33-39(54(7,8)9)30-42-43-31-38(53(4,5)6)32-44-47(35-19-12-10-13-20-35)49(36-21-14-11-15-22-36)57(50(43)44)55(48(42)46)45-29-24-34-18-16-17-23-41(34)51(45)56/h10-33H,1-9H3. The fraction of sp³-hybridized carbons (Fsp3) is 0.222. The van der Waals surface area contributed by atoms with Crippen LogP contribution in [0.15, 0.2) is 146 Å². The number of fused-ring (bicyclic) bond motifs is 6. The fourth-order valence-corrected chi connectivity index (χ4v) is 9.55. The van der Waals surface area contributed by atoms with Gasteiger partial charge in [-0.25, -0.2) is 0 Å². The van der Waals surface area contributed by atoms with Gasteiger partial charge in [0.15, 0.2) is 0 Å². The summed E-state index contributed by atoms with van der Waals surface area (Å²) in [4.78, 5) is 2.61. The number of nitrogens with zero attached hydrogens (tertiary/aromatic N) is 2. The summed E-state index contributed by atoms with van der Waals surface area (Å²) in [5.74, 6) is 0. The molecule has 57 heavy (non-hydrogen) atoms. The summed E-state index contributed by atoms with van der Waals surface area (Å²) in [5, 5.41) is 3.84. The molecule has 2 nitrogen and oxygen atoms in total. The first-order chi connectivity index (χ1) is 27.2. The molecule has 0 atom stereocenters. The van der Waals surface area contributed by atoms with Crippen molar-refractivity contribution >= 4 is 56.5 Å². The predicted octanol–water partition coefficient (Wildman–Crippen LogP) is 13.4. The Morgan fingerprint density at radius 3 is 1.70 bits per heavy atom. The van der Waals surface area contributed by atoms with E-state index in [4.69, 9.17) is 0 Å². The van der Waals surface area contributed by atoms with Crippen molar-refractivity contribution in [1.82, 2.24) is 4.48 Å². The highest BCUT2D eigenvalue weighted by molar-refractivity contribution is 6.90. The van der Waals surface area contributed by atoms with Crippen LogP contribution < -0.4 is 15.8 Å². The molecule has 2 aliphatic heterocycles. The van der Waals surface area contributed by atoms with E-state index in [2.05, 4.69) is 217 Å². The Balaban J connectivity index is 1.43. The zero-order valence-corrected chi connectivity index (χ0v) is 34.8. The molecule has 0 radical (unpaired) electrons. The summed E-state index contributed by atoms with van der Waals surface area (Å²) in [6.07, 6.45) is 0. The maximum absolute atomic E-state index is 2.74. The number of aromatic nitrogens is 1. The molecule has 7 aromatic carbocycles. The predicted molar refractivity (Wildman–Crippen MR) is 247 cm³/mol. The second kappa shape index (κ2) is 12.4. The van der Waals surface area contributed by atoms with E-state index in [-0.39, 0.29) is 23.1 Å². The van der Waals surface area contributed by atoms with Gasteiger partial charge in [0, 0.05) is 44.5 Å². The summed E-state index contributed by atoms with van der Waals surface area (Å²) in [6.45, 7) is 21.0. The highest BCUT2D eigenvalue weighted by atomic mass is 15.2. The van der Waals surface area contributed by atoms with Crippen molar-refractivity contribution in [2.45, 2.75) is 78.6 Å². The smallest absolute Gasteiger partial charge is 0.333 e. The average Bonchev–Trinajstić information content (AvgIpc) is 3.54. The molecule has 0 spiro atoms. The van der Waals surface area contributed by atoms with E-state index < -0.39 is 0 Å². The molecule has 8 aromatic rings. The summed E-state index contributed by atoms with van der Waals surface area (Å²) in [5.41, 5.74) is 19.4. The van der Waals surface area contributed by atoms with Crippen LogP contribution in [0.4, 0.5) is 17.1 Å². The molecule has 1 aromatic heterocycles. The first-order valence-corrected chi connectivity index (χ1v) is 20.6. The molecular formula is C54H51BN2. The van der Waals surface area contributed by atoms with E-state index in [1.807, 2.05) is 0 Å². The van der Waals surface area contributed by atoms with Gasteiger partial charge in [0.25, 0.3) is 0 Å². The van der Waals surface area contributed by atoms with Gasteiger partial charge in [0.05, 0.1) is 5.69 Å². The van der Waals surface area contributed by atoms with E-state index in [9.17, 15) is 0 Å². The van der Waals surface area contributed by atoms with Gasteiger partial charge in [0.1, 0.15) is 0 Å². The minimum absolute atomic E-state index is 0.0556. The van der Waals surface area contributed by atoms with Crippen molar-refractivity contribution in [3.05, 3.63) is 162 Å². The van der Waals surface area contributed by atoms with Crippen LogP contribution >= 0.6 is 0 Å². The Kier molecular flexibility index (Phi) is 7.72. The summed E-state index contributed by atoms with van der Waals surface area (Å²) in [6, 6.07) is 55.5. The summed E-state index contributed by atoms with van der Waals surface area (Å²) < 4.78 is 2.74. The zero-order valence-electron chi connectivity index (χ0n) is 34.8. The Labute approximate surface area is 338 Å². The Morgan fingerprint density at radius 1 is 0.474 bits per heavy atom. The molecule has 0 aliphatic carbocycles. The van der Waals surface area contributed by atoms with Gasteiger partial charge in [-0.2, -0.15) is 0 Å². The normalized spacial score (nSPS) is 13.6. The fourth-order valence-electron chi connectivity index (χ4n) is 9.55. The number of anilines is 3. The quantitative estimate of drug-likeness (QED) is 0.164. The van der Waals surface area contributed by atoms with Crippen molar-refractivity contribution in [3.8, 4) is 33.5 Å². The molecule has 280 valence electrons. The van der Waals surface area contributed by atoms with Gasteiger partial charge in [-0.3, -0.25) is 0 Å². The molecule has 2 aliphatic rings. The van der Waals surface area contributed by atoms with Gasteiger partial charge in [-0.15, -0.1) is 0 Å². The molecule has 0 bridgehead atoms. The molecule has 3 heterocycles. The molecule has 0 fully saturated rings. The summed E-state index contributed by atoms with van der Waals surface area (Å²) >= 11 is 0. The zero-order chi connectivity index (χ0) is 39.6. The van der Waals surface area contributed by atoms with Crippen LogP contribution in [0.2, 0.25) is 0 Å². The van der Waals surface area contributed by atoms with Crippen molar-refractivity contribution in [3.63, 3.8) is 0 Å². The number of rotatable bonds is 3. The van der Waals surface area contributed by atoms with Crippen LogP contribution in [0.5, 0.6) is 0 Å². The Morgan fingerprint density at radius 2 is 1.05 bits per heavy atom. The van der Waals surface area contributed by atoms with Crippen molar-refractivity contribution in [2.24, 2.45) is 0 Å². The van der Waals surface area contributed by atoms with Crippen molar-refractivity contribution < 1.29 is 0 Å². The third kappa shape index (κ3) is 5.46. The Hall–Kier alpha value is -5.80. The van der Waals surface area contributed by atoms with Crippen LogP contribution in [-0.2, 0) is 16.2 Å². The lowest BCUT2D eigenvalue weighted by atomic mass is 9.44. The number of benzene rings is 7. The largest absolute Gasteiger partial charge is 0.375 e. The lowest BCUT2D eigenvalue weighted by Crippen LogP contribution is -2.57. The SMILES string of the molecule is CC(C)(C)c1ccc(N2c3cc(C(C)(C)C)cc4c3B(c3ccc5ccccc5c32)n2c(-c3ccccc3)c(-c3ccccc3)c3cc(C(C)(C)C)cc-4c32)cc1. The molecule has 0 amide bonds. The maximum Gasteiger partial charge on any atom is 0.333 e. The van der Waals surface area contributed by atoms with E-state index in [1.54, 1.807) is 0 Å². The van der Waals surface area contributed by atoms with E-state index >= 15 is 0 Å². The first-order valence-electron chi connectivity index (χ1n) is 20.6. The molecule has 3 heteroatoms. The highest BCUT2D eigenvalue weighted by Gasteiger charge is 2.45. The molecular weight excluding hydrogens is 687 g/mol. The van der Waals surface area contributed by atoms with Gasteiger partial charge in [0.2, 0.25) is 0 Å². The molecule has 0 N–H and O–H groups in total. The van der Waals surface area contributed by atoms with Gasteiger partial charge >= 0.3 is 6.85 Å². The maximum atomic E-state index is 2.74. The van der Waals surface area contributed by atoms with Crippen LogP contribution in [-0.4, -0.2) is 11.3 Å². The van der Waals surface area contributed by atoms with Gasteiger partial charge in [-0.1, -0.05) is 178 Å². The van der Waals surface area contributed by atoms with Crippen LogP contribution in [0.1, 0.15) is 79.0 Å². The minimum atomic E-state index is -0.0770. The van der Waals surface area contributed by atoms with Gasteiger partial charge in [-0.05, 0) is 96.3 Å². The number of hydrogen-bond donors (Lipinski definition) is 0. The van der Waals surface area contributed by atoms with Crippen molar-refractivity contribution in [1.29, 1.82) is 0 Å². The van der Waals surface area contributed by atoms with Crippen molar-refractivity contribution in [2.75, 3.05) is 4.90 Å². The molecule has 10 rings (SSSR count). The monoisotopic (exact) mass is 738 g/mol. The van der Waals surface area contributed by atoms with E-state index in [1.165, 1.54) is 99.9 Å². The van der Waals surface area contributed by atoms with Gasteiger partial charge < -0.3 is 9.38 Å². The highest BCUT2D eigenvalue weighted by Crippen LogP contribution is 2.52. The third-order valence-corrected chi connectivity index (χ3v) is 12.6. The van der Waals surface area contributed by atoms with Crippen LogP contribution in [0.3, 0.4) is 0 Å². The van der Waals surface area contributed by atoms with Crippen LogP contribution in [0, 0.1) is 0 Å². The first kappa shape index (κ1) is 35.6. The molecule has 0 unspecified atom stereocenters. The average molecular weight is 739 g/mol. The topological polar surface area (TPSA) is 8.17 Å². The minimum Gasteiger partial charge on any atom is -0.375 e. The van der Waals surface area contributed by atoms with E-state index in [0.29, 0.717) is 0 Å². The van der Waals surface area contributed by atoms with E-state index in [0.717, 1.165) is 0 Å². The van der Waals surface area contributed by atoms with Crippen LogP contribution in [0.25, 0.3) is 55.2 Å². The third-order valence-electron chi connectivity index (χ3n) is 12.6. The Bertz CT molecular complexity index is 2880. The molecule has 0 saturated heterocycles. The second-order valence-electron chi connectivity index (χ2n) is 19.5. The number of hydrogen-bond acceptors (Lipinski definition) is 1. The summed E-state index contributed by atoms with van der Waals surface area (Å²) in [7, 11) is 0. The lowest BCUT2D eigenvalue weighted by Gasteiger charge is -2.42. The molecule has 0 saturated carbocycles. The second-order valence-corrected chi connectivity index (χ2v) is 19.5.